The second-order valence-electron chi connectivity index (χ2n) is 5.21. The van der Waals surface area contributed by atoms with Crippen LogP contribution in [0.3, 0.4) is 0 Å². The van der Waals surface area contributed by atoms with E-state index in [9.17, 15) is 9.59 Å². The summed E-state index contributed by atoms with van der Waals surface area (Å²) in [5, 5.41) is 1.86. The Balaban J connectivity index is 1.87. The Morgan fingerprint density at radius 3 is 2.86 bits per heavy atom. The van der Waals surface area contributed by atoms with Crippen LogP contribution in [-0.2, 0) is 9.53 Å². The largest absolute Gasteiger partial charge is 0.376 e. The number of rotatable bonds is 6. The zero-order chi connectivity index (χ0) is 15.2. The fraction of sp³-hybridized carbons (Fsp3) is 0.600. The second-order valence-corrected chi connectivity index (χ2v) is 6.15. The van der Waals surface area contributed by atoms with Gasteiger partial charge in [0.1, 0.15) is 0 Å². The number of thiophene rings is 1. The molecule has 0 aromatic carbocycles. The molecule has 21 heavy (non-hydrogen) atoms. The van der Waals surface area contributed by atoms with Crippen LogP contribution in [-0.4, -0.2) is 61.0 Å². The molecule has 0 unspecified atom stereocenters. The van der Waals surface area contributed by atoms with Gasteiger partial charge in [-0.2, -0.15) is 0 Å². The molecule has 0 saturated carbocycles. The third kappa shape index (κ3) is 4.28. The standard InChI is InChI=1S/C15H22N2O3S/c1-3-17(10-12-6-4-8-20-12)14(18)11-16(2)15(19)13-7-5-9-21-13/h5,7,9,12H,3-4,6,8,10-11H2,1-2H3/t12-/m0/s1. The van der Waals surface area contributed by atoms with Crippen LogP contribution >= 0.6 is 11.3 Å². The molecule has 2 heterocycles. The van der Waals surface area contributed by atoms with Crippen molar-refractivity contribution in [3.05, 3.63) is 22.4 Å². The number of hydrogen-bond donors (Lipinski definition) is 0. The number of ether oxygens (including phenoxy) is 1. The number of carbonyl (C=O) groups is 2. The molecule has 5 nitrogen and oxygen atoms in total. The van der Waals surface area contributed by atoms with Gasteiger partial charge in [0.05, 0.1) is 17.5 Å². The van der Waals surface area contributed by atoms with Crippen molar-refractivity contribution in [1.82, 2.24) is 9.80 Å². The SMILES string of the molecule is CCN(C[C@@H]1CCCO1)C(=O)CN(C)C(=O)c1cccs1. The van der Waals surface area contributed by atoms with Crippen molar-refractivity contribution in [1.29, 1.82) is 0 Å². The molecule has 1 aromatic rings. The highest BCUT2D eigenvalue weighted by atomic mass is 32.1. The van der Waals surface area contributed by atoms with E-state index in [4.69, 9.17) is 4.74 Å². The van der Waals surface area contributed by atoms with E-state index in [0.29, 0.717) is 18.0 Å². The highest BCUT2D eigenvalue weighted by molar-refractivity contribution is 7.12. The van der Waals surface area contributed by atoms with Gasteiger partial charge >= 0.3 is 0 Å². The number of carbonyl (C=O) groups excluding carboxylic acids is 2. The van der Waals surface area contributed by atoms with Gasteiger partial charge in [0.2, 0.25) is 5.91 Å². The molecular weight excluding hydrogens is 288 g/mol. The fourth-order valence-corrected chi connectivity index (χ4v) is 3.12. The molecule has 1 aliphatic rings. The third-order valence-corrected chi connectivity index (χ3v) is 4.49. The van der Waals surface area contributed by atoms with Crippen molar-refractivity contribution in [3.63, 3.8) is 0 Å². The van der Waals surface area contributed by atoms with E-state index >= 15 is 0 Å². The Bertz CT molecular complexity index is 469. The van der Waals surface area contributed by atoms with Crippen molar-refractivity contribution in [3.8, 4) is 0 Å². The molecule has 1 aliphatic heterocycles. The topological polar surface area (TPSA) is 49.9 Å². The van der Waals surface area contributed by atoms with Crippen molar-refractivity contribution in [2.24, 2.45) is 0 Å². The highest BCUT2D eigenvalue weighted by Gasteiger charge is 2.23. The van der Waals surface area contributed by atoms with E-state index in [1.54, 1.807) is 18.0 Å². The Hall–Kier alpha value is -1.40. The van der Waals surface area contributed by atoms with Crippen LogP contribution in [0.15, 0.2) is 17.5 Å². The van der Waals surface area contributed by atoms with Gasteiger partial charge in [0, 0.05) is 26.7 Å². The summed E-state index contributed by atoms with van der Waals surface area (Å²) in [4.78, 5) is 28.4. The highest BCUT2D eigenvalue weighted by Crippen LogP contribution is 2.14. The number of hydrogen-bond acceptors (Lipinski definition) is 4. The zero-order valence-electron chi connectivity index (χ0n) is 12.6. The average Bonchev–Trinajstić information content (AvgIpc) is 3.16. The minimum absolute atomic E-state index is 0.0274. The molecule has 1 fully saturated rings. The Morgan fingerprint density at radius 2 is 2.29 bits per heavy atom. The fourth-order valence-electron chi connectivity index (χ4n) is 2.40. The van der Waals surface area contributed by atoms with Gasteiger partial charge in [-0.15, -0.1) is 11.3 Å². The van der Waals surface area contributed by atoms with Crippen LogP contribution < -0.4 is 0 Å². The molecular formula is C15H22N2O3S. The first kappa shape index (κ1) is 16.0. The monoisotopic (exact) mass is 310 g/mol. The van der Waals surface area contributed by atoms with Crippen molar-refractivity contribution >= 4 is 23.2 Å². The molecule has 0 spiro atoms. The molecule has 6 heteroatoms. The van der Waals surface area contributed by atoms with Crippen LogP contribution in [0.2, 0.25) is 0 Å². The lowest BCUT2D eigenvalue weighted by Crippen LogP contribution is -2.43. The van der Waals surface area contributed by atoms with Gasteiger partial charge in [0.15, 0.2) is 0 Å². The summed E-state index contributed by atoms with van der Waals surface area (Å²) < 4.78 is 5.57. The van der Waals surface area contributed by atoms with Crippen LogP contribution in [0.4, 0.5) is 0 Å². The predicted molar refractivity (Wildman–Crippen MR) is 82.5 cm³/mol. The van der Waals surface area contributed by atoms with Crippen molar-refractivity contribution < 1.29 is 14.3 Å². The minimum Gasteiger partial charge on any atom is -0.376 e. The average molecular weight is 310 g/mol. The maximum atomic E-state index is 12.3. The molecule has 0 N–H and O–H groups in total. The maximum Gasteiger partial charge on any atom is 0.264 e. The maximum absolute atomic E-state index is 12.3. The summed E-state index contributed by atoms with van der Waals surface area (Å²) in [5.74, 6) is -0.132. The lowest BCUT2D eigenvalue weighted by Gasteiger charge is -2.26. The van der Waals surface area contributed by atoms with Crippen LogP contribution in [0.5, 0.6) is 0 Å². The first-order valence-electron chi connectivity index (χ1n) is 7.30. The minimum atomic E-state index is -0.105. The molecule has 1 atom stereocenters. The smallest absolute Gasteiger partial charge is 0.264 e. The summed E-state index contributed by atoms with van der Waals surface area (Å²) in [6, 6.07) is 3.61. The van der Waals surface area contributed by atoms with E-state index < -0.39 is 0 Å². The Morgan fingerprint density at radius 1 is 1.48 bits per heavy atom. The Kier molecular flexibility index (Phi) is 5.76. The molecule has 0 bridgehead atoms. The zero-order valence-corrected chi connectivity index (χ0v) is 13.4. The lowest BCUT2D eigenvalue weighted by molar-refractivity contribution is -0.133. The normalized spacial score (nSPS) is 17.7. The molecule has 1 saturated heterocycles. The van der Waals surface area contributed by atoms with Gasteiger partial charge in [-0.1, -0.05) is 6.07 Å². The first-order valence-corrected chi connectivity index (χ1v) is 8.18. The number of likely N-dealkylation sites (N-methyl/N-ethyl adjacent to an activating group) is 2. The van der Waals surface area contributed by atoms with Gasteiger partial charge in [-0.3, -0.25) is 9.59 Å². The molecule has 1 aromatic heterocycles. The predicted octanol–water partition coefficient (Wildman–Crippen LogP) is 1.85. The summed E-state index contributed by atoms with van der Waals surface area (Å²) in [6.45, 7) is 4.11. The van der Waals surface area contributed by atoms with E-state index in [1.807, 2.05) is 18.4 Å². The molecule has 2 rings (SSSR count). The van der Waals surface area contributed by atoms with E-state index in [-0.39, 0.29) is 24.5 Å². The first-order chi connectivity index (χ1) is 10.1. The van der Waals surface area contributed by atoms with Gasteiger partial charge < -0.3 is 14.5 Å². The molecule has 2 amide bonds. The molecule has 116 valence electrons. The number of amides is 2. The third-order valence-electron chi connectivity index (χ3n) is 3.63. The van der Waals surface area contributed by atoms with Crippen LogP contribution in [0.25, 0.3) is 0 Å². The number of nitrogens with zero attached hydrogens (tertiary/aromatic N) is 2. The quantitative estimate of drug-likeness (QED) is 0.806. The summed E-state index contributed by atoms with van der Waals surface area (Å²) in [6.07, 6.45) is 2.22. The van der Waals surface area contributed by atoms with Crippen LogP contribution in [0.1, 0.15) is 29.4 Å². The Labute approximate surface area is 129 Å². The van der Waals surface area contributed by atoms with Crippen LogP contribution in [0, 0.1) is 0 Å². The lowest BCUT2D eigenvalue weighted by atomic mass is 10.2. The van der Waals surface area contributed by atoms with E-state index in [1.165, 1.54) is 16.2 Å². The van der Waals surface area contributed by atoms with E-state index in [2.05, 4.69) is 0 Å². The molecule has 0 radical (unpaired) electrons. The van der Waals surface area contributed by atoms with E-state index in [0.717, 1.165) is 19.4 Å². The van der Waals surface area contributed by atoms with Crippen molar-refractivity contribution in [2.45, 2.75) is 25.9 Å². The second kappa shape index (κ2) is 7.56. The molecule has 0 aliphatic carbocycles. The van der Waals surface area contributed by atoms with Gasteiger partial charge in [-0.25, -0.2) is 0 Å². The summed E-state index contributed by atoms with van der Waals surface area (Å²) >= 11 is 1.39. The summed E-state index contributed by atoms with van der Waals surface area (Å²) in [7, 11) is 1.67. The summed E-state index contributed by atoms with van der Waals surface area (Å²) in [5.41, 5.74) is 0. The van der Waals surface area contributed by atoms with Gasteiger partial charge in [0.25, 0.3) is 5.91 Å². The van der Waals surface area contributed by atoms with Crippen molar-refractivity contribution in [2.75, 3.05) is 33.3 Å². The van der Waals surface area contributed by atoms with Gasteiger partial charge in [-0.05, 0) is 31.2 Å².